The van der Waals surface area contributed by atoms with Crippen LogP contribution >= 0.6 is 0 Å². The predicted molar refractivity (Wildman–Crippen MR) is 232 cm³/mol. The van der Waals surface area contributed by atoms with Gasteiger partial charge in [0.1, 0.15) is 17.1 Å². The highest BCUT2D eigenvalue weighted by molar-refractivity contribution is 7.90. The molecule has 3 atom stereocenters. The van der Waals surface area contributed by atoms with Gasteiger partial charge < -0.3 is 19.1 Å². The summed E-state index contributed by atoms with van der Waals surface area (Å²) in [6.45, 7) is 9.83. The van der Waals surface area contributed by atoms with Crippen molar-refractivity contribution in [2.45, 2.75) is 81.7 Å². The molecule has 14 nitrogen and oxygen atoms in total. The van der Waals surface area contributed by atoms with E-state index in [0.29, 0.717) is 84.2 Å². The molecule has 4 aliphatic rings. The van der Waals surface area contributed by atoms with Crippen molar-refractivity contribution in [2.75, 3.05) is 44.0 Å². The maximum Gasteiger partial charge on any atom is 0.438 e. The van der Waals surface area contributed by atoms with Crippen LogP contribution in [0.3, 0.4) is 0 Å². The summed E-state index contributed by atoms with van der Waals surface area (Å²) in [7, 11) is -3.42. The zero-order valence-electron chi connectivity index (χ0n) is 35.3. The van der Waals surface area contributed by atoms with E-state index in [0.717, 1.165) is 29.3 Å². The van der Waals surface area contributed by atoms with Crippen LogP contribution in [0, 0.1) is 25.6 Å². The van der Waals surface area contributed by atoms with Gasteiger partial charge in [0.05, 0.1) is 22.3 Å². The van der Waals surface area contributed by atoms with Crippen LogP contribution in [0.5, 0.6) is 0 Å². The zero-order chi connectivity index (χ0) is 43.4. The number of H-pyrrole nitrogens is 1. The molecule has 16 heteroatoms. The largest absolute Gasteiger partial charge is 0.438 e. The molecule has 62 heavy (non-hydrogen) atoms. The van der Waals surface area contributed by atoms with Gasteiger partial charge in [0.15, 0.2) is 15.7 Å². The maximum atomic E-state index is 15.3. The highest BCUT2D eigenvalue weighted by atomic mass is 32.2. The topological polar surface area (TPSA) is 166 Å². The van der Waals surface area contributed by atoms with E-state index in [2.05, 4.69) is 35.3 Å². The molecule has 0 radical (unpaired) electrons. The van der Waals surface area contributed by atoms with Crippen LogP contribution < -0.4 is 16.2 Å². The number of aromatic nitrogens is 5. The fourth-order valence-electron chi connectivity index (χ4n) is 10.2. The quantitative estimate of drug-likeness (QED) is 0.183. The minimum absolute atomic E-state index is 0. The summed E-state index contributed by atoms with van der Waals surface area (Å²) >= 11 is 0. The first-order valence-electron chi connectivity index (χ1n) is 21.2. The normalized spacial score (nSPS) is 21.9. The number of ether oxygens (including phenoxy) is 1. The molecule has 1 N–H and O–H groups in total. The predicted octanol–water partition coefficient (Wildman–Crippen LogP) is 6.31. The van der Waals surface area contributed by atoms with Crippen molar-refractivity contribution in [1.29, 1.82) is 0 Å². The molecule has 0 unspecified atom stereocenters. The Labute approximate surface area is 358 Å². The van der Waals surface area contributed by atoms with E-state index in [1.165, 1.54) is 11.8 Å². The lowest BCUT2D eigenvalue weighted by Crippen LogP contribution is -2.50. The molecule has 1 saturated carbocycles. The number of benzene rings is 3. The number of fused-ring (bicyclic) bond motifs is 2. The number of sulfone groups is 1. The van der Waals surface area contributed by atoms with Gasteiger partial charge in [0.2, 0.25) is 5.95 Å². The Morgan fingerprint density at radius 3 is 2.34 bits per heavy atom. The molecule has 1 amide bonds. The van der Waals surface area contributed by atoms with E-state index in [1.807, 2.05) is 28.5 Å². The number of rotatable bonds is 8. The third kappa shape index (κ3) is 6.43. The molecule has 6 heterocycles. The molecule has 3 aromatic carbocycles. The van der Waals surface area contributed by atoms with Gasteiger partial charge in [-0.2, -0.15) is 0 Å². The first-order valence-corrected chi connectivity index (χ1v) is 23.1. The van der Waals surface area contributed by atoms with Crippen molar-refractivity contribution < 1.29 is 28.3 Å². The van der Waals surface area contributed by atoms with Gasteiger partial charge in [0, 0.05) is 62.9 Å². The lowest BCUT2D eigenvalue weighted by atomic mass is 9.91. The summed E-state index contributed by atoms with van der Waals surface area (Å²) in [5, 5.41) is 5.05. The molecule has 3 fully saturated rings. The Kier molecular flexibility index (Phi) is 9.48. The van der Waals surface area contributed by atoms with Gasteiger partial charge in [0.25, 0.3) is 11.5 Å². The number of halogens is 1. The number of hydrogen-bond donors (Lipinski definition) is 1. The summed E-state index contributed by atoms with van der Waals surface area (Å²) < 4.78 is 54.0. The van der Waals surface area contributed by atoms with Gasteiger partial charge in [-0.3, -0.25) is 19.1 Å². The van der Waals surface area contributed by atoms with Crippen LogP contribution in [-0.4, -0.2) is 82.6 Å². The standard InChI is InChI=1S/C46H48FN7O7S.H2/c1-25-17-34(18-26(2)39(25)47)53-41(55)36-11-14-52(28(4)40(36)48-44(53)51-23-33(24-51)30-7-6-8-35(20-30)62(5,58)59)42(56)38-21-32-19-31(29-12-15-60-16-13-29)9-10-37(32)54(38)46(22-27(46)3)43-49-45(57)61-50-43;/h6-10,17-21,27-29,33H,11-16,22-24H2,1-5H3,(H,49,50,57);1H/t27-,28+,46-;/m0./s1. The van der Waals surface area contributed by atoms with Crippen LogP contribution in [0.2, 0.25) is 0 Å². The molecule has 324 valence electrons. The third-order valence-corrected chi connectivity index (χ3v) is 14.9. The number of carbonyl (C=O) groups excluding carboxylic acids is 1. The number of aromatic amines is 1. The van der Waals surface area contributed by atoms with Gasteiger partial charge in [-0.1, -0.05) is 30.3 Å². The van der Waals surface area contributed by atoms with Gasteiger partial charge in [-0.05, 0) is 123 Å². The molecule has 6 aromatic rings. The SMILES string of the molecule is Cc1cc(-n2c(N3CC(c4cccc(S(C)(=O)=O)c4)C3)nc3c(c2=O)CCN(C(=O)c2cc4cc(C5CCOCC5)ccc4n2[C@@]2(c4noc(=O)[nH]4)C[C@@H]2C)[C@@H]3C)cc(C)c1F.[HH]. The molecule has 3 aromatic heterocycles. The van der Waals surface area contributed by atoms with Gasteiger partial charge in [-0.25, -0.2) is 27.2 Å². The Morgan fingerprint density at radius 2 is 1.68 bits per heavy atom. The highest BCUT2D eigenvalue weighted by Crippen LogP contribution is 2.56. The smallest absolute Gasteiger partial charge is 0.381 e. The second-order valence-electron chi connectivity index (χ2n) is 17.7. The minimum atomic E-state index is -3.42. The van der Waals surface area contributed by atoms with Crippen molar-refractivity contribution in [3.05, 3.63) is 132 Å². The van der Waals surface area contributed by atoms with Crippen molar-refractivity contribution in [2.24, 2.45) is 5.92 Å². The summed E-state index contributed by atoms with van der Waals surface area (Å²) in [5.41, 5.74) is 4.46. The number of aryl methyl sites for hydroxylation is 2. The second kappa shape index (κ2) is 14.6. The number of carbonyl (C=O) groups is 1. The molecule has 0 bridgehead atoms. The van der Waals surface area contributed by atoms with E-state index in [-0.39, 0.29) is 48.4 Å². The van der Waals surface area contributed by atoms with Crippen LogP contribution in [0.1, 0.15) is 102 Å². The van der Waals surface area contributed by atoms with Gasteiger partial charge in [-0.15, -0.1) is 0 Å². The van der Waals surface area contributed by atoms with E-state index >= 15 is 4.79 Å². The number of nitrogens with zero attached hydrogens (tertiary/aromatic N) is 6. The Hall–Kier alpha value is -5.87. The number of amides is 1. The van der Waals surface area contributed by atoms with Crippen LogP contribution in [0.15, 0.2) is 79.7 Å². The molecule has 3 aliphatic heterocycles. The maximum absolute atomic E-state index is 15.3. The van der Waals surface area contributed by atoms with Gasteiger partial charge >= 0.3 is 5.76 Å². The van der Waals surface area contributed by atoms with E-state index in [9.17, 15) is 22.4 Å². The Morgan fingerprint density at radius 1 is 0.968 bits per heavy atom. The minimum Gasteiger partial charge on any atom is -0.381 e. The van der Waals surface area contributed by atoms with Crippen LogP contribution in [-0.2, 0) is 26.5 Å². The lowest BCUT2D eigenvalue weighted by Gasteiger charge is -2.42. The Balaban J connectivity index is 0.00000504. The summed E-state index contributed by atoms with van der Waals surface area (Å²) in [4.78, 5) is 54.4. The van der Waals surface area contributed by atoms with Crippen molar-refractivity contribution in [1.82, 2.24) is 29.2 Å². The molecule has 0 spiro atoms. The van der Waals surface area contributed by atoms with Crippen LogP contribution in [0.25, 0.3) is 16.6 Å². The average Bonchev–Trinajstić information content (AvgIpc) is 3.50. The molecule has 1 aliphatic carbocycles. The first-order chi connectivity index (χ1) is 29.6. The first kappa shape index (κ1) is 40.2. The molecular formula is C46H50FN7O7S. The van der Waals surface area contributed by atoms with E-state index in [1.54, 1.807) is 53.6 Å². The fraction of sp³-hybridized carbons (Fsp3) is 0.413. The number of anilines is 1. The Bertz CT molecular complexity index is 3030. The monoisotopic (exact) mass is 863 g/mol. The summed E-state index contributed by atoms with van der Waals surface area (Å²) in [6, 6.07) is 17.9. The van der Waals surface area contributed by atoms with E-state index in [4.69, 9.17) is 14.2 Å². The lowest BCUT2D eigenvalue weighted by molar-refractivity contribution is 0.0658. The second-order valence-corrected chi connectivity index (χ2v) is 19.7. The summed E-state index contributed by atoms with van der Waals surface area (Å²) in [6.07, 6.45) is 3.88. The molecule has 2 saturated heterocycles. The van der Waals surface area contributed by atoms with E-state index < -0.39 is 27.2 Å². The average molecular weight is 864 g/mol. The summed E-state index contributed by atoms with van der Waals surface area (Å²) in [5.74, 6) is -0.203. The molecular weight excluding hydrogens is 814 g/mol. The number of hydrogen-bond acceptors (Lipinski definition) is 10. The fourth-order valence-corrected chi connectivity index (χ4v) is 10.8. The highest BCUT2D eigenvalue weighted by Gasteiger charge is 2.59. The van der Waals surface area contributed by atoms with Crippen LogP contribution in [0.4, 0.5) is 10.3 Å². The van der Waals surface area contributed by atoms with Crippen molar-refractivity contribution in [3.8, 4) is 5.69 Å². The molecule has 10 rings (SSSR count). The van der Waals surface area contributed by atoms with Crippen molar-refractivity contribution in [3.63, 3.8) is 0 Å². The zero-order valence-corrected chi connectivity index (χ0v) is 36.1. The van der Waals surface area contributed by atoms with Crippen molar-refractivity contribution >= 4 is 32.6 Å². The number of nitrogens with one attached hydrogen (secondary N) is 1. The third-order valence-electron chi connectivity index (χ3n) is 13.8.